The van der Waals surface area contributed by atoms with Gasteiger partial charge in [0.05, 0.1) is 6.54 Å². The van der Waals surface area contributed by atoms with Gasteiger partial charge >= 0.3 is 0 Å². The summed E-state index contributed by atoms with van der Waals surface area (Å²) in [5, 5.41) is 19.2. The van der Waals surface area contributed by atoms with Crippen LogP contribution in [0.15, 0.2) is 46.8 Å². The molecular formula is C20H30N4OS. The summed E-state index contributed by atoms with van der Waals surface area (Å²) in [6.07, 6.45) is 0.916. The van der Waals surface area contributed by atoms with Crippen LogP contribution in [0.4, 0.5) is 5.69 Å². The average Bonchev–Trinajstić information content (AvgIpc) is 3.16. The summed E-state index contributed by atoms with van der Waals surface area (Å²) in [4.78, 5) is 7.58. The zero-order chi connectivity index (χ0) is 19.0. The molecule has 0 spiro atoms. The van der Waals surface area contributed by atoms with Crippen LogP contribution in [0.5, 0.6) is 0 Å². The van der Waals surface area contributed by atoms with Crippen molar-refractivity contribution in [1.29, 1.82) is 0 Å². The van der Waals surface area contributed by atoms with Crippen LogP contribution >= 0.6 is 11.3 Å². The first-order valence-corrected chi connectivity index (χ1v) is 9.85. The molecule has 1 aromatic heterocycles. The minimum Gasteiger partial charge on any atom is -0.383 e. The summed E-state index contributed by atoms with van der Waals surface area (Å²) < 4.78 is 0. The molecule has 0 amide bonds. The van der Waals surface area contributed by atoms with Crippen LogP contribution in [0, 0.1) is 0 Å². The van der Waals surface area contributed by atoms with Crippen molar-refractivity contribution in [1.82, 2.24) is 10.6 Å². The molecule has 2 rings (SSSR count). The molecule has 0 radical (unpaired) electrons. The molecule has 0 bridgehead atoms. The topological polar surface area (TPSA) is 59.9 Å². The summed E-state index contributed by atoms with van der Waals surface area (Å²) >= 11 is 1.55. The number of aliphatic hydroxyl groups is 1. The normalized spacial score (nSPS) is 14.0. The van der Waals surface area contributed by atoms with Crippen molar-refractivity contribution in [2.24, 2.45) is 4.99 Å². The third kappa shape index (κ3) is 6.04. The third-order valence-electron chi connectivity index (χ3n) is 4.10. The van der Waals surface area contributed by atoms with Gasteiger partial charge in [-0.1, -0.05) is 18.2 Å². The van der Waals surface area contributed by atoms with Crippen molar-refractivity contribution in [2.45, 2.75) is 25.9 Å². The minimum absolute atomic E-state index is 0.320. The number of hydrogen-bond acceptors (Lipinski definition) is 4. The number of benzene rings is 1. The van der Waals surface area contributed by atoms with Crippen molar-refractivity contribution in [3.63, 3.8) is 0 Å². The van der Waals surface area contributed by atoms with E-state index in [1.54, 1.807) is 18.3 Å². The Balaban J connectivity index is 1.89. The second-order valence-electron chi connectivity index (χ2n) is 6.68. The Kier molecular flexibility index (Phi) is 7.48. The fourth-order valence-electron chi connectivity index (χ4n) is 2.52. The van der Waals surface area contributed by atoms with E-state index in [1.807, 2.05) is 38.5 Å². The zero-order valence-electron chi connectivity index (χ0n) is 16.1. The summed E-state index contributed by atoms with van der Waals surface area (Å²) in [6.45, 7) is 5.73. The number of nitrogens with zero attached hydrogens (tertiary/aromatic N) is 2. The van der Waals surface area contributed by atoms with E-state index < -0.39 is 5.60 Å². The first-order chi connectivity index (χ1) is 12.4. The van der Waals surface area contributed by atoms with Crippen LogP contribution in [-0.2, 0) is 12.0 Å². The van der Waals surface area contributed by atoms with Crippen LogP contribution in [0.2, 0.25) is 0 Å². The predicted octanol–water partition coefficient (Wildman–Crippen LogP) is 2.82. The van der Waals surface area contributed by atoms with Crippen LogP contribution in [0.1, 0.15) is 24.3 Å². The van der Waals surface area contributed by atoms with Gasteiger partial charge in [0.15, 0.2) is 5.96 Å². The lowest BCUT2D eigenvalue weighted by molar-refractivity contribution is 0.0711. The maximum atomic E-state index is 10.6. The molecular weight excluding hydrogens is 344 g/mol. The molecule has 0 fully saturated rings. The molecule has 1 heterocycles. The monoisotopic (exact) mass is 374 g/mol. The van der Waals surface area contributed by atoms with Gasteiger partial charge in [-0.05, 0) is 49.4 Å². The predicted molar refractivity (Wildman–Crippen MR) is 112 cm³/mol. The number of anilines is 1. The Bertz CT molecular complexity index is 678. The molecule has 2 aromatic rings. The van der Waals surface area contributed by atoms with E-state index >= 15 is 0 Å². The number of nitrogens with one attached hydrogen (secondary N) is 2. The summed E-state index contributed by atoms with van der Waals surface area (Å²) in [7, 11) is 4.08. The van der Waals surface area contributed by atoms with Crippen molar-refractivity contribution >= 4 is 23.0 Å². The minimum atomic E-state index is -0.946. The van der Waals surface area contributed by atoms with Crippen LogP contribution in [0.25, 0.3) is 0 Å². The highest BCUT2D eigenvalue weighted by atomic mass is 32.1. The Morgan fingerprint density at radius 2 is 1.92 bits per heavy atom. The van der Waals surface area contributed by atoms with Gasteiger partial charge in [0, 0.05) is 37.7 Å². The van der Waals surface area contributed by atoms with E-state index in [1.165, 1.54) is 11.3 Å². The van der Waals surface area contributed by atoms with Crippen molar-refractivity contribution in [3.8, 4) is 0 Å². The molecule has 1 atom stereocenters. The highest BCUT2D eigenvalue weighted by Gasteiger charge is 2.23. The maximum absolute atomic E-state index is 10.6. The molecule has 0 aliphatic heterocycles. The molecule has 0 aliphatic carbocycles. The number of guanidine groups is 1. The Morgan fingerprint density at radius 1 is 1.19 bits per heavy atom. The molecule has 3 N–H and O–H groups in total. The van der Waals surface area contributed by atoms with E-state index in [-0.39, 0.29) is 0 Å². The van der Waals surface area contributed by atoms with Crippen molar-refractivity contribution in [3.05, 3.63) is 52.2 Å². The standard InChI is InChI=1S/C20H30N4OS/c1-5-21-19(23-15-20(2,25)18-7-6-14-26-18)22-13-12-16-8-10-17(11-9-16)24(3)4/h6-11,14,25H,5,12-13,15H2,1-4H3,(H2,21,22,23). The first kappa shape index (κ1) is 20.3. The van der Waals surface area contributed by atoms with Crippen LogP contribution in [0.3, 0.4) is 0 Å². The van der Waals surface area contributed by atoms with Gasteiger partial charge in [0.25, 0.3) is 0 Å². The number of hydrogen-bond donors (Lipinski definition) is 3. The fourth-order valence-corrected chi connectivity index (χ4v) is 3.30. The number of thiophene rings is 1. The summed E-state index contributed by atoms with van der Waals surface area (Å²) in [5.74, 6) is 0.731. The van der Waals surface area contributed by atoms with Crippen LogP contribution in [-0.4, -0.2) is 44.8 Å². The van der Waals surface area contributed by atoms with E-state index in [0.29, 0.717) is 6.54 Å². The molecule has 0 saturated carbocycles. The molecule has 6 heteroatoms. The fraction of sp³-hybridized carbons (Fsp3) is 0.450. The third-order valence-corrected chi connectivity index (χ3v) is 5.22. The molecule has 0 aliphatic rings. The van der Waals surface area contributed by atoms with E-state index in [9.17, 15) is 5.11 Å². The SMILES string of the molecule is CCNC(=NCC(C)(O)c1cccs1)NCCc1ccc(N(C)C)cc1. The van der Waals surface area contributed by atoms with E-state index in [0.717, 1.165) is 30.3 Å². The van der Waals surface area contributed by atoms with Gasteiger partial charge in [-0.25, -0.2) is 4.99 Å². The summed E-state index contributed by atoms with van der Waals surface area (Å²) in [6, 6.07) is 12.5. The zero-order valence-corrected chi connectivity index (χ0v) is 16.9. The molecule has 142 valence electrons. The highest BCUT2D eigenvalue weighted by molar-refractivity contribution is 7.10. The molecule has 1 aromatic carbocycles. The second-order valence-corrected chi connectivity index (χ2v) is 7.63. The maximum Gasteiger partial charge on any atom is 0.191 e. The quantitative estimate of drug-likeness (QED) is 0.491. The lowest BCUT2D eigenvalue weighted by Crippen LogP contribution is -2.39. The lowest BCUT2D eigenvalue weighted by atomic mass is 10.1. The van der Waals surface area contributed by atoms with Gasteiger partial charge < -0.3 is 20.6 Å². The Hall–Kier alpha value is -2.05. The van der Waals surface area contributed by atoms with Crippen molar-refractivity contribution < 1.29 is 5.11 Å². The van der Waals surface area contributed by atoms with Gasteiger partial charge in [-0.3, -0.25) is 0 Å². The largest absolute Gasteiger partial charge is 0.383 e. The van der Waals surface area contributed by atoms with Crippen molar-refractivity contribution in [2.75, 3.05) is 38.6 Å². The van der Waals surface area contributed by atoms with Crippen LogP contribution < -0.4 is 15.5 Å². The molecule has 26 heavy (non-hydrogen) atoms. The van der Waals surface area contributed by atoms with E-state index in [4.69, 9.17) is 0 Å². The second kappa shape index (κ2) is 9.59. The van der Waals surface area contributed by atoms with Gasteiger partial charge in [0.2, 0.25) is 0 Å². The highest BCUT2D eigenvalue weighted by Crippen LogP contribution is 2.25. The molecule has 5 nitrogen and oxygen atoms in total. The number of rotatable bonds is 8. The number of aliphatic imine (C=N–C) groups is 1. The summed E-state index contributed by atoms with van der Waals surface area (Å²) in [5.41, 5.74) is 1.54. The lowest BCUT2D eigenvalue weighted by Gasteiger charge is -2.20. The molecule has 0 saturated heterocycles. The van der Waals surface area contributed by atoms with Gasteiger partial charge in [-0.15, -0.1) is 11.3 Å². The first-order valence-electron chi connectivity index (χ1n) is 8.97. The smallest absolute Gasteiger partial charge is 0.191 e. The Labute approximate surface area is 160 Å². The Morgan fingerprint density at radius 3 is 2.50 bits per heavy atom. The average molecular weight is 375 g/mol. The van der Waals surface area contributed by atoms with E-state index in [2.05, 4.69) is 44.8 Å². The van der Waals surface area contributed by atoms with Gasteiger partial charge in [-0.2, -0.15) is 0 Å². The molecule has 1 unspecified atom stereocenters. The van der Waals surface area contributed by atoms with Gasteiger partial charge in [0.1, 0.15) is 5.60 Å².